The monoisotopic (exact) mass is 384 g/mol. The predicted octanol–water partition coefficient (Wildman–Crippen LogP) is 3.09. The van der Waals surface area contributed by atoms with E-state index in [0.29, 0.717) is 35.2 Å². The molecule has 9 heteroatoms. The lowest BCUT2D eigenvalue weighted by Crippen LogP contribution is -2.24. The van der Waals surface area contributed by atoms with E-state index in [4.69, 9.17) is 15.9 Å². The number of nitrogens with two attached hydrogens (primary N) is 1. The van der Waals surface area contributed by atoms with Crippen molar-refractivity contribution >= 4 is 29.4 Å². The summed E-state index contributed by atoms with van der Waals surface area (Å²) in [5, 5.41) is 18.8. The maximum atomic E-state index is 7.64. The van der Waals surface area contributed by atoms with Crippen LogP contribution in [0.5, 0.6) is 0 Å². The summed E-state index contributed by atoms with van der Waals surface area (Å²) >= 11 is 0. The zero-order valence-corrected chi connectivity index (χ0v) is 16.0. The lowest BCUT2D eigenvalue weighted by Gasteiger charge is -2.24. The highest BCUT2D eigenvalue weighted by Crippen LogP contribution is 2.27. The van der Waals surface area contributed by atoms with Crippen molar-refractivity contribution in [3.05, 3.63) is 18.1 Å². The Bertz CT molecular complexity index is 808. The quantitative estimate of drug-likeness (QED) is 0.564. The first-order valence-electron chi connectivity index (χ1n) is 10.1. The Kier molecular flexibility index (Phi) is 5.70. The van der Waals surface area contributed by atoms with E-state index in [1.54, 1.807) is 6.20 Å². The van der Waals surface area contributed by atoms with Gasteiger partial charge in [0.05, 0.1) is 17.9 Å². The summed E-state index contributed by atoms with van der Waals surface area (Å²) in [6.45, 7) is 1.54. The van der Waals surface area contributed by atoms with E-state index in [-0.39, 0.29) is 0 Å². The molecule has 9 nitrogen and oxygen atoms in total. The predicted molar refractivity (Wildman–Crippen MR) is 109 cm³/mol. The topological polar surface area (TPSA) is 127 Å². The fourth-order valence-electron chi connectivity index (χ4n) is 3.88. The molecular formula is C19H28N8O. The van der Waals surface area contributed by atoms with E-state index in [9.17, 15) is 0 Å². The zero-order chi connectivity index (χ0) is 19.3. The highest BCUT2D eigenvalue weighted by Gasteiger charge is 2.19. The van der Waals surface area contributed by atoms with Crippen molar-refractivity contribution in [1.29, 1.82) is 5.41 Å². The van der Waals surface area contributed by atoms with Crippen LogP contribution >= 0.6 is 0 Å². The molecule has 5 N–H and O–H groups in total. The van der Waals surface area contributed by atoms with Gasteiger partial charge in [0.1, 0.15) is 11.4 Å². The number of ether oxygens (including phenoxy) is 1. The third kappa shape index (κ3) is 4.24. The van der Waals surface area contributed by atoms with Gasteiger partial charge in [-0.3, -0.25) is 4.68 Å². The molecule has 0 unspecified atom stereocenters. The first-order valence-corrected chi connectivity index (χ1v) is 10.1. The molecule has 0 aromatic carbocycles. The summed E-state index contributed by atoms with van der Waals surface area (Å²) in [7, 11) is 0. The fourth-order valence-corrected chi connectivity index (χ4v) is 3.88. The van der Waals surface area contributed by atoms with Crippen LogP contribution in [0.15, 0.2) is 12.4 Å². The number of nitrogens with zero attached hydrogens (tertiary/aromatic N) is 4. The number of nitrogens with one attached hydrogen (secondary N) is 3. The maximum absolute atomic E-state index is 7.64. The summed E-state index contributed by atoms with van der Waals surface area (Å²) in [5.74, 6) is 1.01. The first kappa shape index (κ1) is 18.7. The minimum atomic E-state index is 0.359. The molecule has 1 aliphatic carbocycles. The summed E-state index contributed by atoms with van der Waals surface area (Å²) < 4.78 is 7.39. The third-order valence-corrected chi connectivity index (χ3v) is 5.48. The molecule has 150 valence electrons. The molecular weight excluding hydrogens is 356 g/mol. The van der Waals surface area contributed by atoms with Gasteiger partial charge in [0.25, 0.3) is 0 Å². The van der Waals surface area contributed by atoms with Gasteiger partial charge >= 0.3 is 0 Å². The van der Waals surface area contributed by atoms with Crippen LogP contribution in [0.4, 0.5) is 23.1 Å². The summed E-state index contributed by atoms with van der Waals surface area (Å²) in [6, 6.07) is 0.728. The summed E-state index contributed by atoms with van der Waals surface area (Å²) in [5.41, 5.74) is 7.83. The number of rotatable bonds is 6. The van der Waals surface area contributed by atoms with Crippen molar-refractivity contribution in [2.45, 2.75) is 57.0 Å². The van der Waals surface area contributed by atoms with Crippen LogP contribution < -0.4 is 16.4 Å². The van der Waals surface area contributed by atoms with Crippen molar-refractivity contribution < 1.29 is 4.74 Å². The van der Waals surface area contributed by atoms with Crippen LogP contribution in [0.3, 0.4) is 0 Å². The summed E-state index contributed by atoms with van der Waals surface area (Å²) in [4.78, 5) is 8.95. The van der Waals surface area contributed by atoms with Gasteiger partial charge in [-0.25, -0.2) is 4.98 Å². The molecule has 2 fully saturated rings. The number of anilines is 4. The first-order chi connectivity index (χ1) is 13.7. The van der Waals surface area contributed by atoms with E-state index >= 15 is 0 Å². The van der Waals surface area contributed by atoms with Crippen molar-refractivity contribution in [2.24, 2.45) is 0 Å². The molecule has 0 radical (unpaired) electrons. The third-order valence-electron chi connectivity index (χ3n) is 5.48. The molecule has 2 aromatic rings. The Balaban J connectivity index is 1.51. The second-order valence-corrected chi connectivity index (χ2v) is 7.50. The van der Waals surface area contributed by atoms with Crippen LogP contribution in [0.25, 0.3) is 0 Å². The molecule has 0 spiro atoms. The van der Waals surface area contributed by atoms with Crippen LogP contribution in [0.2, 0.25) is 0 Å². The van der Waals surface area contributed by atoms with Crippen LogP contribution in [0.1, 0.15) is 56.7 Å². The molecule has 1 saturated carbocycles. The van der Waals surface area contributed by atoms with E-state index in [1.165, 1.54) is 25.5 Å². The van der Waals surface area contributed by atoms with E-state index in [1.807, 2.05) is 10.9 Å². The molecule has 1 saturated heterocycles. The van der Waals surface area contributed by atoms with E-state index < -0.39 is 0 Å². The average Bonchev–Trinajstić information content (AvgIpc) is 3.20. The molecule has 28 heavy (non-hydrogen) atoms. The van der Waals surface area contributed by atoms with E-state index in [0.717, 1.165) is 44.6 Å². The van der Waals surface area contributed by atoms with Gasteiger partial charge in [-0.05, 0) is 25.7 Å². The van der Waals surface area contributed by atoms with Crippen molar-refractivity contribution in [2.75, 3.05) is 29.6 Å². The number of hydrogen-bond donors (Lipinski definition) is 4. The van der Waals surface area contributed by atoms with Crippen molar-refractivity contribution in [3.8, 4) is 0 Å². The number of nitrogen functional groups attached to an aromatic ring is 1. The Morgan fingerprint density at radius 3 is 2.68 bits per heavy atom. The van der Waals surface area contributed by atoms with Gasteiger partial charge in [0.2, 0.25) is 5.95 Å². The highest BCUT2D eigenvalue weighted by molar-refractivity contribution is 5.87. The normalized spacial score (nSPS) is 18.7. The van der Waals surface area contributed by atoms with E-state index in [2.05, 4.69) is 25.7 Å². The largest absolute Gasteiger partial charge is 0.394 e. The molecule has 4 rings (SSSR count). The Morgan fingerprint density at radius 2 is 1.93 bits per heavy atom. The average molecular weight is 384 g/mol. The van der Waals surface area contributed by atoms with Crippen LogP contribution in [-0.4, -0.2) is 45.2 Å². The molecule has 3 heterocycles. The van der Waals surface area contributed by atoms with Gasteiger partial charge in [-0.1, -0.05) is 19.3 Å². The maximum Gasteiger partial charge on any atom is 0.230 e. The smallest absolute Gasteiger partial charge is 0.230 e. The van der Waals surface area contributed by atoms with Crippen molar-refractivity contribution in [3.63, 3.8) is 0 Å². The van der Waals surface area contributed by atoms with Crippen LogP contribution in [0, 0.1) is 5.41 Å². The van der Waals surface area contributed by atoms with Gasteiger partial charge in [-0.15, -0.1) is 0 Å². The number of hydrogen-bond acceptors (Lipinski definition) is 8. The molecule has 2 aromatic heterocycles. The minimum Gasteiger partial charge on any atom is -0.394 e. The van der Waals surface area contributed by atoms with Gasteiger partial charge in [0, 0.05) is 31.7 Å². The van der Waals surface area contributed by atoms with Crippen molar-refractivity contribution in [1.82, 2.24) is 19.7 Å². The lowest BCUT2D eigenvalue weighted by atomic mass is 9.95. The Morgan fingerprint density at radius 1 is 1.14 bits per heavy atom. The molecule has 1 aliphatic heterocycles. The Labute approximate surface area is 164 Å². The lowest BCUT2D eigenvalue weighted by molar-refractivity contribution is 0.0662. The second kappa shape index (κ2) is 8.55. The second-order valence-electron chi connectivity index (χ2n) is 7.50. The SMILES string of the molecule is N=Cc1nc(Nc2cnn(C3CCOCC3)c2)nc(NC2CCCCC2)c1N. The Hall–Kier alpha value is -2.68. The minimum absolute atomic E-state index is 0.359. The number of aromatic nitrogens is 4. The standard InChI is InChI=1S/C19H28N8O/c20-10-16-17(21)18(23-13-4-2-1-3-5-13)26-19(25-16)24-14-11-22-27(12-14)15-6-8-28-9-7-15/h10-13,15,20H,1-9,21H2,(H2,23,24,25,26). The molecule has 0 amide bonds. The molecule has 0 atom stereocenters. The fraction of sp³-hybridized carbons (Fsp3) is 0.579. The zero-order valence-electron chi connectivity index (χ0n) is 16.0. The van der Waals surface area contributed by atoms with Crippen LogP contribution in [-0.2, 0) is 4.74 Å². The highest BCUT2D eigenvalue weighted by atomic mass is 16.5. The molecule has 2 aliphatic rings. The molecule has 0 bridgehead atoms. The van der Waals surface area contributed by atoms with Gasteiger partial charge in [0.15, 0.2) is 5.82 Å². The summed E-state index contributed by atoms with van der Waals surface area (Å²) in [6.07, 6.45) is 12.8. The van der Waals surface area contributed by atoms with Gasteiger partial charge < -0.3 is 26.5 Å². The van der Waals surface area contributed by atoms with Gasteiger partial charge in [-0.2, -0.15) is 10.1 Å².